The molecule has 0 fully saturated rings. The van der Waals surface area contributed by atoms with E-state index in [0.717, 1.165) is 0 Å². The predicted octanol–water partition coefficient (Wildman–Crippen LogP) is 4.18. The van der Waals surface area contributed by atoms with Crippen LogP contribution in [0.3, 0.4) is 0 Å². The number of nitrogens with two attached hydrogens (primary N) is 1. The second kappa shape index (κ2) is 9.57. The molecule has 0 aliphatic rings. The van der Waals surface area contributed by atoms with Crippen LogP contribution in [-0.4, -0.2) is 34.3 Å². The lowest BCUT2D eigenvalue weighted by Gasteiger charge is -2.31. The van der Waals surface area contributed by atoms with Crippen LogP contribution >= 0.6 is 15.9 Å². The zero-order valence-corrected chi connectivity index (χ0v) is 19.6. The number of hydrogen-bond acceptors (Lipinski definition) is 6. The Hall–Kier alpha value is -2.46. The summed E-state index contributed by atoms with van der Waals surface area (Å²) >= 11 is 3.28. The van der Waals surface area contributed by atoms with Crippen LogP contribution in [0.2, 0.25) is 0 Å². The second-order valence-electron chi connectivity index (χ2n) is 7.67. The number of carbonyl (C=O) groups is 1. The minimum atomic E-state index is -3.89. The number of halogens is 1. The zero-order chi connectivity index (χ0) is 22.5. The first-order valence-electron chi connectivity index (χ1n) is 9.07. The molecule has 0 heterocycles. The number of anilines is 2. The molecule has 164 valence electrons. The summed E-state index contributed by atoms with van der Waals surface area (Å²) in [4.78, 5) is 11.0. The normalized spacial score (nSPS) is 12.7. The average Bonchev–Trinajstić information content (AvgIpc) is 2.64. The van der Waals surface area contributed by atoms with E-state index in [9.17, 15) is 13.2 Å². The number of carbonyl (C=O) groups excluding carboxylic acids is 1. The Bertz CT molecular complexity index is 1010. The van der Waals surface area contributed by atoms with Crippen molar-refractivity contribution in [2.24, 2.45) is 11.1 Å². The fourth-order valence-corrected chi connectivity index (χ4v) is 4.38. The van der Waals surface area contributed by atoms with Crippen molar-refractivity contribution in [3.63, 3.8) is 0 Å². The third kappa shape index (κ3) is 6.53. The van der Waals surface area contributed by atoms with E-state index in [1.807, 2.05) is 20.8 Å². The summed E-state index contributed by atoms with van der Waals surface area (Å²) in [6.07, 6.45) is -0.851. The van der Waals surface area contributed by atoms with Gasteiger partial charge in [-0.05, 0) is 41.8 Å². The Labute approximate surface area is 185 Å². The van der Waals surface area contributed by atoms with Crippen LogP contribution in [0.4, 0.5) is 16.2 Å². The SMILES string of the molecule is COc1ccc(Br)cc1S(=O)(=O)Nc1cccc(NC(COC(N)=O)C(C)(C)C)c1. The highest BCUT2D eigenvalue weighted by atomic mass is 79.9. The summed E-state index contributed by atoms with van der Waals surface area (Å²) < 4.78 is 39.1. The Morgan fingerprint density at radius 3 is 2.43 bits per heavy atom. The molecule has 10 heteroatoms. The number of primary amides is 1. The molecule has 1 amide bonds. The predicted molar refractivity (Wildman–Crippen MR) is 120 cm³/mol. The van der Waals surface area contributed by atoms with Crippen molar-refractivity contribution in [2.45, 2.75) is 31.7 Å². The summed E-state index contributed by atoms with van der Waals surface area (Å²) in [5, 5.41) is 3.27. The van der Waals surface area contributed by atoms with Crippen molar-refractivity contribution >= 4 is 43.4 Å². The van der Waals surface area contributed by atoms with E-state index in [-0.39, 0.29) is 28.7 Å². The molecular weight excluding hydrogens is 474 g/mol. The van der Waals surface area contributed by atoms with Crippen LogP contribution < -0.4 is 20.5 Å². The van der Waals surface area contributed by atoms with Crippen molar-refractivity contribution in [3.8, 4) is 5.75 Å². The van der Waals surface area contributed by atoms with E-state index < -0.39 is 16.1 Å². The van der Waals surface area contributed by atoms with Gasteiger partial charge in [0, 0.05) is 10.2 Å². The summed E-state index contributed by atoms with van der Waals surface area (Å²) in [7, 11) is -2.48. The third-order valence-corrected chi connectivity index (χ3v) is 6.20. The molecule has 2 aromatic rings. The maximum Gasteiger partial charge on any atom is 0.404 e. The number of benzene rings is 2. The Morgan fingerprint density at radius 1 is 1.17 bits per heavy atom. The molecule has 2 rings (SSSR count). The fraction of sp³-hybridized carbons (Fsp3) is 0.350. The van der Waals surface area contributed by atoms with Gasteiger partial charge in [-0.2, -0.15) is 0 Å². The van der Waals surface area contributed by atoms with Crippen LogP contribution in [0.25, 0.3) is 0 Å². The van der Waals surface area contributed by atoms with Crippen LogP contribution in [-0.2, 0) is 14.8 Å². The lowest BCUT2D eigenvalue weighted by Crippen LogP contribution is -2.39. The number of amides is 1. The summed E-state index contributed by atoms with van der Waals surface area (Å²) in [5.41, 5.74) is 5.85. The number of hydrogen-bond donors (Lipinski definition) is 3. The van der Waals surface area contributed by atoms with E-state index in [1.54, 1.807) is 36.4 Å². The van der Waals surface area contributed by atoms with Gasteiger partial charge in [0.1, 0.15) is 17.3 Å². The molecule has 30 heavy (non-hydrogen) atoms. The Kier molecular flexibility index (Phi) is 7.59. The van der Waals surface area contributed by atoms with E-state index >= 15 is 0 Å². The lowest BCUT2D eigenvalue weighted by molar-refractivity contribution is 0.132. The molecule has 4 N–H and O–H groups in total. The van der Waals surface area contributed by atoms with Crippen LogP contribution in [0.15, 0.2) is 51.8 Å². The van der Waals surface area contributed by atoms with Gasteiger partial charge in [-0.1, -0.05) is 42.8 Å². The van der Waals surface area contributed by atoms with Crippen LogP contribution in [0.1, 0.15) is 20.8 Å². The smallest absolute Gasteiger partial charge is 0.404 e. The zero-order valence-electron chi connectivity index (χ0n) is 17.2. The first kappa shape index (κ1) is 23.8. The van der Waals surface area contributed by atoms with Crippen molar-refractivity contribution in [1.82, 2.24) is 0 Å². The van der Waals surface area contributed by atoms with Gasteiger partial charge in [0.15, 0.2) is 0 Å². The Balaban J connectivity index is 2.26. The van der Waals surface area contributed by atoms with Gasteiger partial charge in [-0.3, -0.25) is 4.72 Å². The van der Waals surface area contributed by atoms with E-state index in [2.05, 4.69) is 26.0 Å². The van der Waals surface area contributed by atoms with Gasteiger partial charge in [0.25, 0.3) is 10.0 Å². The molecule has 2 aromatic carbocycles. The van der Waals surface area contributed by atoms with Gasteiger partial charge < -0.3 is 20.5 Å². The standard InChI is InChI=1S/C20H26BrN3O5S/c1-20(2,3)18(12-29-19(22)25)23-14-6-5-7-15(11-14)24-30(26,27)17-10-13(21)8-9-16(17)28-4/h5-11,18,23-24H,12H2,1-4H3,(H2,22,25). The number of sulfonamides is 1. The Morgan fingerprint density at radius 2 is 1.83 bits per heavy atom. The minimum absolute atomic E-state index is 0.0140. The van der Waals surface area contributed by atoms with Crippen molar-refractivity contribution in [1.29, 1.82) is 0 Å². The number of nitrogens with one attached hydrogen (secondary N) is 2. The highest BCUT2D eigenvalue weighted by Crippen LogP contribution is 2.30. The minimum Gasteiger partial charge on any atom is -0.495 e. The largest absolute Gasteiger partial charge is 0.495 e. The van der Waals surface area contributed by atoms with E-state index in [4.69, 9.17) is 15.2 Å². The molecule has 0 aromatic heterocycles. The molecule has 0 aliphatic carbocycles. The van der Waals surface area contributed by atoms with E-state index in [1.165, 1.54) is 13.2 Å². The maximum atomic E-state index is 12.9. The molecule has 0 radical (unpaired) electrons. The third-order valence-electron chi connectivity index (χ3n) is 4.31. The molecule has 0 saturated carbocycles. The maximum absolute atomic E-state index is 12.9. The molecule has 8 nitrogen and oxygen atoms in total. The monoisotopic (exact) mass is 499 g/mol. The van der Waals surface area contributed by atoms with Gasteiger partial charge in [-0.15, -0.1) is 0 Å². The number of rotatable bonds is 8. The first-order chi connectivity index (χ1) is 13.9. The molecule has 1 unspecified atom stereocenters. The van der Waals surface area contributed by atoms with Crippen LogP contribution in [0, 0.1) is 5.41 Å². The fourth-order valence-electron chi connectivity index (χ4n) is 2.62. The summed E-state index contributed by atoms with van der Waals surface area (Å²) in [6, 6.07) is 11.3. The van der Waals surface area contributed by atoms with Crippen molar-refractivity contribution in [2.75, 3.05) is 23.8 Å². The van der Waals surface area contributed by atoms with Gasteiger partial charge in [-0.25, -0.2) is 13.2 Å². The lowest BCUT2D eigenvalue weighted by atomic mass is 9.87. The van der Waals surface area contributed by atoms with Crippen LogP contribution in [0.5, 0.6) is 5.75 Å². The molecular formula is C20H26BrN3O5S. The topological polar surface area (TPSA) is 120 Å². The number of methoxy groups -OCH3 is 1. The summed E-state index contributed by atoms with van der Waals surface area (Å²) in [6.45, 7) is 6.04. The quantitative estimate of drug-likeness (QED) is 0.500. The molecule has 0 aliphatic heterocycles. The van der Waals surface area contributed by atoms with Gasteiger partial charge in [0.05, 0.1) is 18.8 Å². The number of ether oxygens (including phenoxy) is 2. The summed E-state index contributed by atoms with van der Waals surface area (Å²) in [5.74, 6) is 0.233. The first-order valence-corrected chi connectivity index (χ1v) is 11.3. The van der Waals surface area contributed by atoms with E-state index in [0.29, 0.717) is 15.8 Å². The molecule has 0 spiro atoms. The highest BCUT2D eigenvalue weighted by Gasteiger charge is 2.26. The molecule has 1 atom stereocenters. The van der Waals surface area contributed by atoms with Crippen molar-refractivity contribution in [3.05, 3.63) is 46.9 Å². The van der Waals surface area contributed by atoms with Crippen molar-refractivity contribution < 1.29 is 22.7 Å². The van der Waals surface area contributed by atoms with Gasteiger partial charge >= 0.3 is 6.09 Å². The highest BCUT2D eigenvalue weighted by molar-refractivity contribution is 9.10. The molecule has 0 saturated heterocycles. The second-order valence-corrected chi connectivity index (χ2v) is 10.2. The average molecular weight is 500 g/mol. The van der Waals surface area contributed by atoms with Gasteiger partial charge in [0.2, 0.25) is 0 Å². The molecule has 0 bridgehead atoms.